The number of benzene rings is 1. The van der Waals surface area contributed by atoms with Gasteiger partial charge < -0.3 is 9.69 Å². The van der Waals surface area contributed by atoms with Crippen LogP contribution in [0.25, 0.3) is 0 Å². The fourth-order valence-electron chi connectivity index (χ4n) is 2.57. The number of nitrogens with zero attached hydrogens (tertiary/aromatic N) is 1. The molecule has 0 atom stereocenters. The molecule has 0 amide bonds. The first-order valence-corrected chi connectivity index (χ1v) is 6.50. The van der Waals surface area contributed by atoms with E-state index >= 15 is 0 Å². The van der Waals surface area contributed by atoms with Crippen LogP contribution in [0, 0.1) is 5.92 Å². The summed E-state index contributed by atoms with van der Waals surface area (Å²) in [4.78, 5) is 12.6. The molecule has 95 valence electrons. The summed E-state index contributed by atoms with van der Waals surface area (Å²) in [5, 5.41) is 0. The van der Waals surface area contributed by atoms with Crippen molar-refractivity contribution >= 4 is 6.29 Å². The van der Waals surface area contributed by atoms with Crippen LogP contribution in [-0.2, 0) is 43.9 Å². The van der Waals surface area contributed by atoms with Gasteiger partial charge in [-0.2, -0.15) is 0 Å². The molecule has 0 aliphatic carbocycles. The van der Waals surface area contributed by atoms with Gasteiger partial charge in [0.2, 0.25) is 0 Å². The van der Waals surface area contributed by atoms with E-state index in [-0.39, 0.29) is 32.7 Å². The Morgan fingerprint density at radius 2 is 1.83 bits per heavy atom. The second kappa shape index (κ2) is 8.95. The standard InChI is InChI=1S/C15H20NO.Y/c17-12-4-9-16-10-7-15(8-11-16)13-14-5-2-1-3-6-14;/h1-3,5-6,15H,4,7-11,13H2;/q-1;. The molecule has 0 aromatic heterocycles. The van der Waals surface area contributed by atoms with E-state index in [4.69, 9.17) is 0 Å². The van der Waals surface area contributed by atoms with Gasteiger partial charge in [0, 0.05) is 32.7 Å². The Bertz CT molecular complexity index is 334. The Morgan fingerprint density at radius 3 is 2.44 bits per heavy atom. The van der Waals surface area contributed by atoms with Crippen molar-refractivity contribution in [1.82, 2.24) is 4.90 Å². The summed E-state index contributed by atoms with van der Waals surface area (Å²) in [5.41, 5.74) is 1.45. The Morgan fingerprint density at radius 1 is 1.17 bits per heavy atom. The largest absolute Gasteiger partial charge is 0.542 e. The summed E-state index contributed by atoms with van der Waals surface area (Å²) in [6, 6.07) is 10.7. The molecule has 1 aromatic rings. The monoisotopic (exact) mass is 319 g/mol. The van der Waals surface area contributed by atoms with Crippen LogP contribution in [-0.4, -0.2) is 30.8 Å². The summed E-state index contributed by atoms with van der Waals surface area (Å²) in [6.07, 6.45) is 6.25. The first-order valence-electron chi connectivity index (χ1n) is 6.50. The van der Waals surface area contributed by atoms with Crippen molar-refractivity contribution in [3.63, 3.8) is 0 Å². The van der Waals surface area contributed by atoms with E-state index in [1.807, 2.05) is 6.29 Å². The van der Waals surface area contributed by atoms with Crippen molar-refractivity contribution in [3.8, 4) is 0 Å². The Labute approximate surface area is 135 Å². The third-order valence-corrected chi connectivity index (χ3v) is 3.60. The topological polar surface area (TPSA) is 20.3 Å². The molecule has 0 saturated carbocycles. The average Bonchev–Trinajstić information content (AvgIpc) is 2.39. The second-order valence-electron chi connectivity index (χ2n) is 4.87. The summed E-state index contributed by atoms with van der Waals surface area (Å²) in [6.45, 7) is 3.17. The summed E-state index contributed by atoms with van der Waals surface area (Å²) < 4.78 is 0. The van der Waals surface area contributed by atoms with Gasteiger partial charge in [-0.25, -0.2) is 0 Å². The fourth-order valence-corrected chi connectivity index (χ4v) is 2.57. The van der Waals surface area contributed by atoms with Crippen molar-refractivity contribution in [2.45, 2.75) is 25.7 Å². The van der Waals surface area contributed by atoms with Crippen molar-refractivity contribution in [2.24, 2.45) is 5.92 Å². The third-order valence-electron chi connectivity index (χ3n) is 3.60. The average molecular weight is 319 g/mol. The molecule has 1 aromatic carbocycles. The normalized spacial score (nSPS) is 17.1. The van der Waals surface area contributed by atoms with Gasteiger partial charge >= 0.3 is 0 Å². The molecule has 0 unspecified atom stereocenters. The number of hydrogen-bond acceptors (Lipinski definition) is 2. The van der Waals surface area contributed by atoms with Crippen LogP contribution in [0.4, 0.5) is 0 Å². The molecule has 1 radical (unpaired) electrons. The molecule has 0 spiro atoms. The summed E-state index contributed by atoms with van der Waals surface area (Å²) in [5.74, 6) is 0.814. The predicted molar refractivity (Wildman–Crippen MR) is 69.6 cm³/mol. The zero-order chi connectivity index (χ0) is 11.9. The summed E-state index contributed by atoms with van der Waals surface area (Å²) in [7, 11) is 0. The van der Waals surface area contributed by atoms with Crippen molar-refractivity contribution in [3.05, 3.63) is 35.9 Å². The van der Waals surface area contributed by atoms with E-state index in [1.165, 1.54) is 24.8 Å². The van der Waals surface area contributed by atoms with Gasteiger partial charge in [0.1, 0.15) is 0 Å². The zero-order valence-corrected chi connectivity index (χ0v) is 13.7. The smallest absolute Gasteiger partial charge is 0 e. The van der Waals surface area contributed by atoms with Gasteiger partial charge in [0.05, 0.1) is 0 Å². The first kappa shape index (κ1) is 16.0. The number of rotatable bonds is 5. The van der Waals surface area contributed by atoms with Gasteiger partial charge in [-0.15, -0.1) is 6.42 Å². The minimum atomic E-state index is 0. The molecule has 2 nitrogen and oxygen atoms in total. The van der Waals surface area contributed by atoms with Gasteiger partial charge in [0.25, 0.3) is 0 Å². The third kappa shape index (κ3) is 5.30. The van der Waals surface area contributed by atoms with Crippen LogP contribution in [0.1, 0.15) is 24.8 Å². The minimum absolute atomic E-state index is 0. The number of carbonyl (C=O) groups excluding carboxylic acids is 1. The minimum Gasteiger partial charge on any atom is -0.542 e. The van der Waals surface area contributed by atoms with Crippen molar-refractivity contribution < 1.29 is 37.5 Å². The fraction of sp³-hybridized carbons (Fsp3) is 0.533. The number of likely N-dealkylation sites (tertiary alicyclic amines) is 1. The van der Waals surface area contributed by atoms with Crippen LogP contribution in [0.3, 0.4) is 0 Å². The Kier molecular flexibility index (Phi) is 7.96. The quantitative estimate of drug-likeness (QED) is 0.777. The molecule has 1 aliphatic rings. The van der Waals surface area contributed by atoms with Crippen molar-refractivity contribution in [2.75, 3.05) is 19.6 Å². The van der Waals surface area contributed by atoms with E-state index in [9.17, 15) is 4.79 Å². The van der Waals surface area contributed by atoms with Gasteiger partial charge in [-0.3, -0.25) is 6.29 Å². The molecule has 1 heterocycles. The predicted octanol–water partition coefficient (Wildman–Crippen LogP) is 2.44. The van der Waals surface area contributed by atoms with Crippen LogP contribution >= 0.6 is 0 Å². The molecule has 0 bridgehead atoms. The van der Waals surface area contributed by atoms with E-state index < -0.39 is 0 Å². The van der Waals surface area contributed by atoms with Gasteiger partial charge in [-0.1, -0.05) is 30.3 Å². The first-order chi connectivity index (χ1) is 8.38. The van der Waals surface area contributed by atoms with Crippen LogP contribution in [0.2, 0.25) is 0 Å². The van der Waals surface area contributed by atoms with E-state index in [0.717, 1.165) is 25.6 Å². The molecule has 1 saturated heterocycles. The molecular weight excluding hydrogens is 299 g/mol. The van der Waals surface area contributed by atoms with Crippen LogP contribution in [0.5, 0.6) is 0 Å². The van der Waals surface area contributed by atoms with Crippen molar-refractivity contribution in [1.29, 1.82) is 0 Å². The molecule has 1 aliphatic heterocycles. The second-order valence-corrected chi connectivity index (χ2v) is 4.87. The molecule has 3 heteroatoms. The molecule has 18 heavy (non-hydrogen) atoms. The number of hydrogen-bond donors (Lipinski definition) is 0. The van der Waals surface area contributed by atoms with E-state index in [1.54, 1.807) is 0 Å². The maximum absolute atomic E-state index is 10.2. The van der Waals surface area contributed by atoms with Crippen LogP contribution in [0.15, 0.2) is 30.3 Å². The molecule has 1 fully saturated rings. The summed E-state index contributed by atoms with van der Waals surface area (Å²) >= 11 is 0. The Hall–Kier alpha value is -0.0461. The molecule has 0 N–H and O–H groups in total. The molecule has 2 rings (SSSR count). The number of piperidine rings is 1. The van der Waals surface area contributed by atoms with Gasteiger partial charge in [-0.05, 0) is 50.4 Å². The van der Waals surface area contributed by atoms with Gasteiger partial charge in [0.15, 0.2) is 0 Å². The zero-order valence-electron chi connectivity index (χ0n) is 10.8. The van der Waals surface area contributed by atoms with Crippen LogP contribution < -0.4 is 0 Å². The van der Waals surface area contributed by atoms with E-state index in [2.05, 4.69) is 35.2 Å². The SMILES string of the molecule is O=[C-]CCN1CCC(Cc2ccccc2)CC1.[Y]. The maximum Gasteiger partial charge on any atom is 0 e. The maximum atomic E-state index is 10.2. The molecular formula is C15H20NOY-. The van der Waals surface area contributed by atoms with E-state index in [0.29, 0.717) is 6.42 Å². The Balaban J connectivity index is 0.00000162.